The second-order valence-corrected chi connectivity index (χ2v) is 5.87. The zero-order valence-electron chi connectivity index (χ0n) is 12.2. The maximum Gasteiger partial charge on any atom is 0.417 e. The van der Waals surface area contributed by atoms with Gasteiger partial charge in [0.1, 0.15) is 6.42 Å². The van der Waals surface area contributed by atoms with Crippen LogP contribution in [0, 0.1) is 0 Å². The van der Waals surface area contributed by atoms with E-state index in [1.54, 1.807) is 0 Å². The molecule has 4 nitrogen and oxygen atoms in total. The van der Waals surface area contributed by atoms with E-state index in [0.29, 0.717) is 0 Å². The Hall–Kier alpha value is -1.76. The lowest BCUT2D eigenvalue weighted by atomic mass is 10.2. The summed E-state index contributed by atoms with van der Waals surface area (Å²) in [5, 5.41) is 4.57. The van der Waals surface area contributed by atoms with E-state index in [4.69, 9.17) is 11.6 Å². The predicted octanol–water partition coefficient (Wildman–Crippen LogP) is 3.75. The molecule has 0 aromatic heterocycles. The molecule has 0 atom stereocenters. The number of halogens is 4. The van der Waals surface area contributed by atoms with E-state index in [1.807, 2.05) is 0 Å². The largest absolute Gasteiger partial charge is 0.417 e. The van der Waals surface area contributed by atoms with Gasteiger partial charge in [-0.15, -0.1) is 0 Å². The minimum Gasteiger partial charge on any atom is -0.353 e. The number of alkyl halides is 3. The highest BCUT2D eigenvalue weighted by Crippen LogP contribution is 2.36. The molecule has 23 heavy (non-hydrogen) atoms. The zero-order chi connectivity index (χ0) is 17.0. The van der Waals surface area contributed by atoms with Gasteiger partial charge >= 0.3 is 6.18 Å². The van der Waals surface area contributed by atoms with Crippen LogP contribution in [0.15, 0.2) is 18.2 Å². The second-order valence-electron chi connectivity index (χ2n) is 5.47. The van der Waals surface area contributed by atoms with E-state index in [1.165, 1.54) is 6.07 Å². The maximum atomic E-state index is 12.7. The molecule has 1 saturated carbocycles. The fraction of sp³-hybridized carbons (Fsp3) is 0.467. The van der Waals surface area contributed by atoms with Gasteiger partial charge in [0.05, 0.1) is 10.6 Å². The zero-order valence-corrected chi connectivity index (χ0v) is 12.9. The summed E-state index contributed by atoms with van der Waals surface area (Å²) in [4.78, 5) is 23.5. The van der Waals surface area contributed by atoms with E-state index in [9.17, 15) is 22.8 Å². The molecule has 2 N–H and O–H groups in total. The van der Waals surface area contributed by atoms with Gasteiger partial charge in [-0.2, -0.15) is 13.2 Å². The molecule has 1 aliphatic carbocycles. The summed E-state index contributed by atoms with van der Waals surface area (Å²) in [5.41, 5.74) is -1.09. The van der Waals surface area contributed by atoms with E-state index in [2.05, 4.69) is 10.6 Å². The molecule has 1 aromatic rings. The lowest BCUT2D eigenvalue weighted by Gasteiger charge is -2.13. The standard InChI is InChI=1S/C15H16ClF3N2O2/c16-12-6-5-10(7-11(12)15(17,18)19)21-14(23)8-13(22)20-9-3-1-2-4-9/h5-7,9H,1-4,8H2,(H,20,22)(H,21,23). The first kappa shape index (κ1) is 17.6. The van der Waals surface area contributed by atoms with Crippen LogP contribution in [-0.4, -0.2) is 17.9 Å². The number of amides is 2. The Balaban J connectivity index is 1.93. The summed E-state index contributed by atoms with van der Waals surface area (Å²) < 4.78 is 38.2. The molecule has 0 saturated heterocycles. The van der Waals surface area contributed by atoms with Gasteiger partial charge in [-0.1, -0.05) is 24.4 Å². The van der Waals surface area contributed by atoms with Crippen LogP contribution >= 0.6 is 11.6 Å². The summed E-state index contributed by atoms with van der Waals surface area (Å²) >= 11 is 5.50. The molecule has 2 rings (SSSR count). The van der Waals surface area contributed by atoms with Gasteiger partial charge in [-0.05, 0) is 31.0 Å². The van der Waals surface area contributed by atoms with Gasteiger partial charge in [0.2, 0.25) is 11.8 Å². The van der Waals surface area contributed by atoms with Crippen molar-refractivity contribution in [3.8, 4) is 0 Å². The van der Waals surface area contributed by atoms with Crippen molar-refractivity contribution in [3.05, 3.63) is 28.8 Å². The molecule has 0 unspecified atom stereocenters. The van der Waals surface area contributed by atoms with Crippen LogP contribution in [0.25, 0.3) is 0 Å². The highest BCUT2D eigenvalue weighted by atomic mass is 35.5. The van der Waals surface area contributed by atoms with Crippen molar-refractivity contribution in [1.82, 2.24) is 5.32 Å². The van der Waals surface area contributed by atoms with E-state index >= 15 is 0 Å². The van der Waals surface area contributed by atoms with Gasteiger partial charge in [0, 0.05) is 11.7 Å². The fourth-order valence-electron chi connectivity index (χ4n) is 2.52. The van der Waals surface area contributed by atoms with Crippen molar-refractivity contribution in [2.45, 2.75) is 44.3 Å². The van der Waals surface area contributed by atoms with Crippen molar-refractivity contribution < 1.29 is 22.8 Å². The Morgan fingerprint density at radius 1 is 1.17 bits per heavy atom. The third kappa shape index (κ3) is 5.13. The van der Waals surface area contributed by atoms with Gasteiger partial charge in [-0.25, -0.2) is 0 Å². The minimum atomic E-state index is -4.61. The Morgan fingerprint density at radius 3 is 2.43 bits per heavy atom. The van der Waals surface area contributed by atoms with Crippen molar-refractivity contribution >= 4 is 29.1 Å². The predicted molar refractivity (Wildman–Crippen MR) is 80.1 cm³/mol. The number of carbonyl (C=O) groups is 2. The molecule has 8 heteroatoms. The van der Waals surface area contributed by atoms with Crippen molar-refractivity contribution in [3.63, 3.8) is 0 Å². The second kappa shape index (κ2) is 7.21. The molecule has 0 radical (unpaired) electrons. The molecule has 1 aromatic carbocycles. The normalized spacial score (nSPS) is 15.5. The molecule has 126 valence electrons. The number of hydrogen-bond acceptors (Lipinski definition) is 2. The maximum absolute atomic E-state index is 12.7. The Bertz CT molecular complexity index is 599. The van der Waals surface area contributed by atoms with Crippen LogP contribution in [0.5, 0.6) is 0 Å². The first-order valence-electron chi connectivity index (χ1n) is 7.21. The number of carbonyl (C=O) groups excluding carboxylic acids is 2. The summed E-state index contributed by atoms with van der Waals surface area (Å²) in [6.45, 7) is 0. The first-order valence-corrected chi connectivity index (χ1v) is 7.59. The highest BCUT2D eigenvalue weighted by Gasteiger charge is 2.33. The Labute approximate surface area is 136 Å². The molecule has 1 fully saturated rings. The van der Waals surface area contributed by atoms with E-state index in [-0.39, 0.29) is 11.7 Å². The minimum absolute atomic E-state index is 0.0552. The smallest absolute Gasteiger partial charge is 0.353 e. The highest BCUT2D eigenvalue weighted by molar-refractivity contribution is 6.31. The monoisotopic (exact) mass is 348 g/mol. The lowest BCUT2D eigenvalue weighted by molar-refractivity contribution is -0.137. The third-order valence-electron chi connectivity index (χ3n) is 3.60. The van der Waals surface area contributed by atoms with Crippen molar-refractivity contribution in [2.24, 2.45) is 0 Å². The van der Waals surface area contributed by atoms with Gasteiger partial charge in [-0.3, -0.25) is 9.59 Å². The number of hydrogen-bond donors (Lipinski definition) is 2. The van der Waals surface area contributed by atoms with Crippen LogP contribution in [-0.2, 0) is 15.8 Å². The van der Waals surface area contributed by atoms with E-state index in [0.717, 1.165) is 37.8 Å². The van der Waals surface area contributed by atoms with Crippen LogP contribution in [0.3, 0.4) is 0 Å². The summed E-state index contributed by atoms with van der Waals surface area (Å²) in [5.74, 6) is -1.10. The molecule has 0 heterocycles. The quantitative estimate of drug-likeness (QED) is 0.814. The Morgan fingerprint density at radius 2 is 1.83 bits per heavy atom. The topological polar surface area (TPSA) is 58.2 Å². The van der Waals surface area contributed by atoms with Crippen LogP contribution in [0.4, 0.5) is 18.9 Å². The molecule has 0 spiro atoms. The molecule has 0 bridgehead atoms. The van der Waals surface area contributed by atoms with Gasteiger partial charge in [0.15, 0.2) is 0 Å². The molecule has 1 aliphatic rings. The average molecular weight is 349 g/mol. The first-order chi connectivity index (χ1) is 10.8. The molecule has 2 amide bonds. The molecule has 0 aliphatic heterocycles. The molecular formula is C15H16ClF3N2O2. The summed E-state index contributed by atoms with van der Waals surface area (Å²) in [6.07, 6.45) is -1.18. The fourth-order valence-corrected chi connectivity index (χ4v) is 2.74. The number of nitrogens with one attached hydrogen (secondary N) is 2. The Kier molecular flexibility index (Phi) is 5.51. The van der Waals surface area contributed by atoms with Gasteiger partial charge < -0.3 is 10.6 Å². The van der Waals surface area contributed by atoms with Crippen LogP contribution in [0.2, 0.25) is 5.02 Å². The average Bonchev–Trinajstić information content (AvgIpc) is 2.92. The summed E-state index contributed by atoms with van der Waals surface area (Å²) in [6, 6.07) is 3.14. The number of rotatable bonds is 4. The van der Waals surface area contributed by atoms with Crippen LogP contribution < -0.4 is 10.6 Å². The van der Waals surface area contributed by atoms with Crippen molar-refractivity contribution in [2.75, 3.05) is 5.32 Å². The SMILES string of the molecule is O=C(CC(=O)NC1CCCC1)Nc1ccc(Cl)c(C(F)(F)F)c1. The lowest BCUT2D eigenvalue weighted by Crippen LogP contribution is -2.35. The number of benzene rings is 1. The van der Waals surface area contributed by atoms with Crippen molar-refractivity contribution in [1.29, 1.82) is 0 Å². The van der Waals surface area contributed by atoms with Crippen LogP contribution in [0.1, 0.15) is 37.7 Å². The number of anilines is 1. The van der Waals surface area contributed by atoms with Gasteiger partial charge in [0.25, 0.3) is 0 Å². The third-order valence-corrected chi connectivity index (χ3v) is 3.93. The summed E-state index contributed by atoms with van der Waals surface area (Å²) in [7, 11) is 0. The van der Waals surface area contributed by atoms with E-state index < -0.39 is 35.0 Å². The molecular weight excluding hydrogens is 333 g/mol.